The Morgan fingerprint density at radius 3 is 2.46 bits per heavy atom. The Kier molecular flexibility index (Phi) is 5.06. The van der Waals surface area contributed by atoms with Gasteiger partial charge in [-0.05, 0) is 12.1 Å². The van der Waals surface area contributed by atoms with Crippen LogP contribution in [0.3, 0.4) is 0 Å². The highest BCUT2D eigenvalue weighted by Gasteiger charge is 2.23. The van der Waals surface area contributed by atoms with Gasteiger partial charge in [-0.2, -0.15) is 0 Å². The van der Waals surface area contributed by atoms with Crippen molar-refractivity contribution in [1.29, 1.82) is 0 Å². The summed E-state index contributed by atoms with van der Waals surface area (Å²) in [6.45, 7) is 1.88. The summed E-state index contributed by atoms with van der Waals surface area (Å²) in [5.74, 6) is 1.04. The van der Waals surface area contributed by atoms with Gasteiger partial charge < -0.3 is 10.6 Å². The third kappa shape index (κ3) is 2.72. The van der Waals surface area contributed by atoms with Crippen LogP contribution in [0.2, 0.25) is 0 Å². The zero-order valence-electron chi connectivity index (χ0n) is 7.09. The highest BCUT2D eigenvalue weighted by Crippen LogP contribution is 2.15. The van der Waals surface area contributed by atoms with Gasteiger partial charge >= 0.3 is 0 Å². The molecule has 0 bridgehead atoms. The fraction of sp³-hybridized carbons (Fsp3) is 0.375. The normalized spacial score (nSPS) is 15.3. The van der Waals surface area contributed by atoms with E-state index in [9.17, 15) is 0 Å². The van der Waals surface area contributed by atoms with E-state index in [1.165, 1.54) is 0 Å². The zero-order valence-corrected chi connectivity index (χ0v) is 8.72. The second-order valence-corrected chi connectivity index (χ2v) is 2.85. The average Bonchev–Trinajstić information content (AvgIpc) is 2.01. The summed E-state index contributed by atoms with van der Waals surface area (Å²) in [7, 11) is 0. The molecule has 0 unspecified atom stereocenters. The molecule has 1 aromatic rings. The molecule has 1 aliphatic rings. The first kappa shape index (κ1) is 12.5. The Morgan fingerprint density at radius 1 is 1.31 bits per heavy atom. The van der Waals surface area contributed by atoms with E-state index in [-0.39, 0.29) is 24.8 Å². The number of aromatic nitrogens is 1. The number of halogens is 2. The first-order valence-corrected chi connectivity index (χ1v) is 3.78. The molecule has 0 amide bonds. The molecule has 2 rings (SSSR count). The molecule has 5 heteroatoms. The minimum atomic E-state index is 0. The van der Waals surface area contributed by atoms with E-state index in [0.29, 0.717) is 6.04 Å². The third-order valence-corrected chi connectivity index (χ3v) is 1.88. The molecule has 1 aromatic heterocycles. The standard InChI is InChI=1S/C8H11N3.2ClH/c9-7-5-11(6-7)8-3-1-2-4-10-8;;/h1-4,7H,5-6,9H2;2*1H. The van der Waals surface area contributed by atoms with Gasteiger partial charge in [0, 0.05) is 25.3 Å². The fourth-order valence-corrected chi connectivity index (χ4v) is 1.24. The number of pyridine rings is 1. The van der Waals surface area contributed by atoms with Crippen LogP contribution in [-0.2, 0) is 0 Å². The van der Waals surface area contributed by atoms with Crippen molar-refractivity contribution in [1.82, 2.24) is 4.98 Å². The maximum atomic E-state index is 5.64. The van der Waals surface area contributed by atoms with E-state index in [4.69, 9.17) is 5.73 Å². The van der Waals surface area contributed by atoms with Gasteiger partial charge in [0.05, 0.1) is 0 Å². The number of nitrogens with two attached hydrogens (primary N) is 1. The molecule has 0 atom stereocenters. The van der Waals surface area contributed by atoms with Crippen molar-refractivity contribution in [2.45, 2.75) is 6.04 Å². The topological polar surface area (TPSA) is 42.1 Å². The summed E-state index contributed by atoms with van der Waals surface area (Å²) in [6, 6.07) is 6.26. The van der Waals surface area contributed by atoms with Gasteiger partial charge in [0.15, 0.2) is 0 Å². The molecule has 3 nitrogen and oxygen atoms in total. The molecule has 0 radical (unpaired) electrons. The Balaban J connectivity index is 0.000000720. The van der Waals surface area contributed by atoms with Crippen LogP contribution in [0.4, 0.5) is 5.82 Å². The molecule has 2 heterocycles. The molecular formula is C8H13Cl2N3. The van der Waals surface area contributed by atoms with Crippen LogP contribution in [0.15, 0.2) is 24.4 Å². The molecule has 1 saturated heterocycles. The van der Waals surface area contributed by atoms with Gasteiger partial charge in [-0.15, -0.1) is 24.8 Å². The lowest BCUT2D eigenvalue weighted by atomic mass is 10.1. The van der Waals surface area contributed by atoms with Crippen LogP contribution in [0.5, 0.6) is 0 Å². The first-order valence-electron chi connectivity index (χ1n) is 3.78. The van der Waals surface area contributed by atoms with Crippen LogP contribution >= 0.6 is 24.8 Å². The van der Waals surface area contributed by atoms with Crippen molar-refractivity contribution >= 4 is 30.6 Å². The maximum absolute atomic E-state index is 5.64. The highest BCUT2D eigenvalue weighted by molar-refractivity contribution is 5.85. The number of hydrogen-bond donors (Lipinski definition) is 1. The summed E-state index contributed by atoms with van der Waals surface area (Å²) in [6.07, 6.45) is 1.80. The smallest absolute Gasteiger partial charge is 0.128 e. The summed E-state index contributed by atoms with van der Waals surface area (Å²) >= 11 is 0. The summed E-state index contributed by atoms with van der Waals surface area (Å²) in [4.78, 5) is 6.38. The van der Waals surface area contributed by atoms with E-state index in [0.717, 1.165) is 18.9 Å². The first-order chi connectivity index (χ1) is 5.36. The van der Waals surface area contributed by atoms with Crippen molar-refractivity contribution in [2.24, 2.45) is 5.73 Å². The van der Waals surface area contributed by atoms with Crippen molar-refractivity contribution in [3.05, 3.63) is 24.4 Å². The lowest BCUT2D eigenvalue weighted by molar-refractivity contribution is 0.514. The van der Waals surface area contributed by atoms with Crippen LogP contribution in [0.25, 0.3) is 0 Å². The van der Waals surface area contributed by atoms with Crippen molar-refractivity contribution in [3.63, 3.8) is 0 Å². The van der Waals surface area contributed by atoms with Crippen molar-refractivity contribution in [2.75, 3.05) is 18.0 Å². The number of rotatable bonds is 1. The minimum Gasteiger partial charge on any atom is -0.353 e. The number of nitrogens with zero attached hydrogens (tertiary/aromatic N) is 2. The van der Waals surface area contributed by atoms with Gasteiger partial charge in [-0.1, -0.05) is 6.07 Å². The molecule has 0 saturated carbocycles. The molecular weight excluding hydrogens is 209 g/mol. The number of hydrogen-bond acceptors (Lipinski definition) is 3. The van der Waals surface area contributed by atoms with E-state index in [1.54, 1.807) is 6.20 Å². The van der Waals surface area contributed by atoms with E-state index >= 15 is 0 Å². The van der Waals surface area contributed by atoms with Crippen LogP contribution in [-0.4, -0.2) is 24.1 Å². The Bertz CT molecular complexity index is 236. The lowest BCUT2D eigenvalue weighted by Gasteiger charge is -2.37. The maximum Gasteiger partial charge on any atom is 0.128 e. The van der Waals surface area contributed by atoms with Gasteiger partial charge in [-0.25, -0.2) is 4.98 Å². The SMILES string of the molecule is Cl.Cl.NC1CN(c2ccccn2)C1. The van der Waals surface area contributed by atoms with E-state index < -0.39 is 0 Å². The van der Waals surface area contributed by atoms with Crippen LogP contribution in [0.1, 0.15) is 0 Å². The average molecular weight is 222 g/mol. The Morgan fingerprint density at radius 2 is 2.00 bits per heavy atom. The van der Waals surface area contributed by atoms with Gasteiger partial charge in [0.2, 0.25) is 0 Å². The van der Waals surface area contributed by atoms with E-state index in [1.807, 2.05) is 18.2 Å². The second-order valence-electron chi connectivity index (χ2n) is 2.85. The largest absolute Gasteiger partial charge is 0.353 e. The molecule has 0 spiro atoms. The summed E-state index contributed by atoms with van der Waals surface area (Å²) in [5.41, 5.74) is 5.64. The Hall–Kier alpha value is -0.510. The lowest BCUT2D eigenvalue weighted by Crippen LogP contribution is -2.56. The Labute approximate surface area is 90.1 Å². The van der Waals surface area contributed by atoms with Gasteiger partial charge in [0.1, 0.15) is 5.82 Å². The van der Waals surface area contributed by atoms with Gasteiger partial charge in [-0.3, -0.25) is 0 Å². The molecule has 1 aliphatic heterocycles. The van der Waals surface area contributed by atoms with Crippen molar-refractivity contribution < 1.29 is 0 Å². The van der Waals surface area contributed by atoms with Crippen LogP contribution in [0, 0.1) is 0 Å². The van der Waals surface area contributed by atoms with Crippen molar-refractivity contribution in [3.8, 4) is 0 Å². The molecule has 0 aromatic carbocycles. The predicted octanol–water partition coefficient (Wildman–Crippen LogP) is 1.07. The number of anilines is 1. The second kappa shape index (κ2) is 5.27. The molecule has 0 aliphatic carbocycles. The van der Waals surface area contributed by atoms with Crippen LogP contribution < -0.4 is 10.6 Å². The summed E-state index contributed by atoms with van der Waals surface area (Å²) in [5, 5.41) is 0. The highest BCUT2D eigenvalue weighted by atomic mass is 35.5. The fourth-order valence-electron chi connectivity index (χ4n) is 1.24. The monoisotopic (exact) mass is 221 g/mol. The quantitative estimate of drug-likeness (QED) is 0.772. The van der Waals surface area contributed by atoms with Gasteiger partial charge in [0.25, 0.3) is 0 Å². The molecule has 1 fully saturated rings. The van der Waals surface area contributed by atoms with E-state index in [2.05, 4.69) is 9.88 Å². The minimum absolute atomic E-state index is 0. The third-order valence-electron chi connectivity index (χ3n) is 1.88. The molecule has 13 heavy (non-hydrogen) atoms. The summed E-state index contributed by atoms with van der Waals surface area (Å²) < 4.78 is 0. The zero-order chi connectivity index (χ0) is 7.68. The molecule has 74 valence electrons. The predicted molar refractivity (Wildman–Crippen MR) is 58.9 cm³/mol. The molecule has 2 N–H and O–H groups in total.